The third-order valence-corrected chi connectivity index (χ3v) is 5.90. The fourth-order valence-corrected chi connectivity index (χ4v) is 4.05. The molecule has 0 radical (unpaired) electrons. The normalized spacial score (nSPS) is 16.5. The lowest BCUT2D eigenvalue weighted by Crippen LogP contribution is -2.47. The molecule has 148 valence electrons. The number of carbonyl (C=O) groups excluding carboxylic acids is 1. The fourth-order valence-electron chi connectivity index (χ4n) is 2.92. The van der Waals surface area contributed by atoms with Gasteiger partial charge in [-0.25, -0.2) is 13.1 Å². The minimum absolute atomic E-state index is 0. The second-order valence-electron chi connectivity index (χ2n) is 6.34. The molecular weight excluding hydrogens is 378 g/mol. The molecule has 26 heavy (non-hydrogen) atoms. The van der Waals surface area contributed by atoms with E-state index in [2.05, 4.69) is 15.4 Å². The molecule has 0 aromatic heterocycles. The minimum Gasteiger partial charge on any atom is -0.384 e. The van der Waals surface area contributed by atoms with Crippen LogP contribution in [-0.2, 0) is 19.6 Å². The molecule has 1 heterocycles. The first-order valence-electron chi connectivity index (χ1n) is 8.54. The highest BCUT2D eigenvalue weighted by atomic mass is 35.5. The van der Waals surface area contributed by atoms with Gasteiger partial charge in [-0.1, -0.05) is 6.92 Å². The summed E-state index contributed by atoms with van der Waals surface area (Å²) in [5.74, 6) is -0.0874. The van der Waals surface area contributed by atoms with Gasteiger partial charge in [-0.15, -0.1) is 12.4 Å². The van der Waals surface area contributed by atoms with Crippen molar-refractivity contribution in [2.75, 3.05) is 38.7 Å². The van der Waals surface area contributed by atoms with Crippen molar-refractivity contribution in [3.63, 3.8) is 0 Å². The fraction of sp³-hybridized carbons (Fsp3) is 0.588. The number of benzene rings is 1. The molecule has 1 aromatic carbocycles. The molecule has 0 unspecified atom stereocenters. The molecule has 1 fully saturated rings. The zero-order valence-electron chi connectivity index (χ0n) is 15.2. The Balaban J connectivity index is 0.00000338. The van der Waals surface area contributed by atoms with Crippen LogP contribution in [0.25, 0.3) is 0 Å². The maximum absolute atomic E-state index is 12.8. The van der Waals surface area contributed by atoms with E-state index in [0.29, 0.717) is 31.7 Å². The van der Waals surface area contributed by atoms with E-state index in [4.69, 9.17) is 4.74 Å². The summed E-state index contributed by atoms with van der Waals surface area (Å²) >= 11 is 0. The monoisotopic (exact) mass is 405 g/mol. The number of methoxy groups -OCH3 is 1. The van der Waals surface area contributed by atoms with Gasteiger partial charge in [0.05, 0.1) is 16.9 Å². The SMILES string of the molecule is CCCNS(=O)(=O)c1ccc(NC(=O)C2(COC)CCNCC2)cc1.Cl. The molecule has 1 saturated heterocycles. The van der Waals surface area contributed by atoms with Crippen LogP contribution in [0.3, 0.4) is 0 Å². The van der Waals surface area contributed by atoms with Gasteiger partial charge in [0.25, 0.3) is 0 Å². The van der Waals surface area contributed by atoms with Crippen molar-refractivity contribution in [1.82, 2.24) is 10.0 Å². The number of amides is 1. The number of nitrogens with one attached hydrogen (secondary N) is 3. The number of halogens is 1. The van der Waals surface area contributed by atoms with E-state index in [-0.39, 0.29) is 23.2 Å². The third kappa shape index (κ3) is 5.65. The summed E-state index contributed by atoms with van der Waals surface area (Å²) < 4.78 is 32.0. The van der Waals surface area contributed by atoms with Crippen molar-refractivity contribution in [2.45, 2.75) is 31.1 Å². The zero-order chi connectivity index (χ0) is 18.3. The van der Waals surface area contributed by atoms with Crippen LogP contribution in [-0.4, -0.2) is 47.7 Å². The van der Waals surface area contributed by atoms with Crippen molar-refractivity contribution in [3.05, 3.63) is 24.3 Å². The molecule has 1 aromatic rings. The van der Waals surface area contributed by atoms with Crippen molar-refractivity contribution < 1.29 is 17.9 Å². The van der Waals surface area contributed by atoms with Gasteiger partial charge in [0.1, 0.15) is 0 Å². The van der Waals surface area contributed by atoms with Gasteiger partial charge < -0.3 is 15.4 Å². The van der Waals surface area contributed by atoms with E-state index < -0.39 is 15.4 Å². The van der Waals surface area contributed by atoms with Crippen LogP contribution in [0, 0.1) is 5.41 Å². The van der Waals surface area contributed by atoms with Crippen LogP contribution >= 0.6 is 12.4 Å². The van der Waals surface area contributed by atoms with Gasteiger partial charge in [0.15, 0.2) is 0 Å². The number of ether oxygens (including phenoxy) is 1. The first-order chi connectivity index (χ1) is 11.9. The molecule has 7 nitrogen and oxygen atoms in total. The first kappa shape index (κ1) is 22.9. The van der Waals surface area contributed by atoms with Gasteiger partial charge in [0.2, 0.25) is 15.9 Å². The van der Waals surface area contributed by atoms with E-state index in [1.165, 1.54) is 12.1 Å². The van der Waals surface area contributed by atoms with Crippen molar-refractivity contribution >= 4 is 34.0 Å². The zero-order valence-corrected chi connectivity index (χ0v) is 16.8. The van der Waals surface area contributed by atoms with Crippen LogP contribution in [0.2, 0.25) is 0 Å². The molecule has 0 aliphatic carbocycles. The Morgan fingerprint density at radius 3 is 2.38 bits per heavy atom. The molecule has 9 heteroatoms. The Morgan fingerprint density at radius 2 is 1.85 bits per heavy atom. The predicted molar refractivity (Wildman–Crippen MR) is 104 cm³/mol. The second-order valence-corrected chi connectivity index (χ2v) is 8.11. The van der Waals surface area contributed by atoms with Gasteiger partial charge in [-0.2, -0.15) is 0 Å². The Morgan fingerprint density at radius 1 is 1.23 bits per heavy atom. The van der Waals surface area contributed by atoms with Gasteiger partial charge in [0, 0.05) is 19.3 Å². The molecular formula is C17H28ClN3O4S. The molecule has 0 saturated carbocycles. The van der Waals surface area contributed by atoms with Crippen molar-refractivity contribution in [3.8, 4) is 0 Å². The van der Waals surface area contributed by atoms with Crippen LogP contribution in [0.4, 0.5) is 5.69 Å². The molecule has 3 N–H and O–H groups in total. The maximum atomic E-state index is 12.8. The lowest BCUT2D eigenvalue weighted by atomic mass is 9.78. The Bertz CT molecular complexity index is 668. The summed E-state index contributed by atoms with van der Waals surface area (Å²) in [5, 5.41) is 6.15. The van der Waals surface area contributed by atoms with Crippen LogP contribution in [0.5, 0.6) is 0 Å². The Kier molecular flexibility index (Phi) is 8.99. The molecule has 0 bridgehead atoms. The highest BCUT2D eigenvalue weighted by Crippen LogP contribution is 2.31. The summed E-state index contributed by atoms with van der Waals surface area (Å²) in [7, 11) is -1.90. The van der Waals surface area contributed by atoms with E-state index >= 15 is 0 Å². The van der Waals surface area contributed by atoms with Crippen LogP contribution < -0.4 is 15.4 Å². The highest BCUT2D eigenvalue weighted by molar-refractivity contribution is 7.89. The smallest absolute Gasteiger partial charge is 0.240 e. The molecule has 0 spiro atoms. The average molecular weight is 406 g/mol. The molecule has 0 atom stereocenters. The van der Waals surface area contributed by atoms with Crippen LogP contribution in [0.15, 0.2) is 29.2 Å². The largest absolute Gasteiger partial charge is 0.384 e. The van der Waals surface area contributed by atoms with E-state index in [0.717, 1.165) is 19.5 Å². The highest BCUT2D eigenvalue weighted by Gasteiger charge is 2.39. The van der Waals surface area contributed by atoms with Gasteiger partial charge >= 0.3 is 0 Å². The number of sulfonamides is 1. The van der Waals surface area contributed by atoms with Gasteiger partial charge in [-0.05, 0) is 56.6 Å². The molecule has 1 amide bonds. The summed E-state index contributed by atoms with van der Waals surface area (Å²) in [6.45, 7) is 4.22. The summed E-state index contributed by atoms with van der Waals surface area (Å²) in [5.41, 5.74) is 0.0291. The average Bonchev–Trinajstić information content (AvgIpc) is 2.61. The number of anilines is 1. The standard InChI is InChI=1S/C17H27N3O4S.ClH/c1-3-10-19-25(22,23)15-6-4-14(5-7-15)20-16(21)17(13-24-2)8-11-18-12-9-17;/h4-7,18-19H,3,8-13H2,1-2H3,(H,20,21);1H. The number of rotatable bonds is 8. The number of hydrogen-bond acceptors (Lipinski definition) is 5. The summed E-state index contributed by atoms with van der Waals surface area (Å²) in [6.07, 6.45) is 2.14. The summed E-state index contributed by atoms with van der Waals surface area (Å²) in [4.78, 5) is 12.9. The molecule has 1 aliphatic rings. The second kappa shape index (κ2) is 10.2. The Labute approximate surface area is 161 Å². The van der Waals surface area contributed by atoms with E-state index in [9.17, 15) is 13.2 Å². The van der Waals surface area contributed by atoms with Crippen molar-refractivity contribution in [2.24, 2.45) is 5.41 Å². The molecule has 2 rings (SSSR count). The topological polar surface area (TPSA) is 96.5 Å². The van der Waals surface area contributed by atoms with E-state index in [1.807, 2.05) is 6.92 Å². The number of hydrogen-bond donors (Lipinski definition) is 3. The quantitative estimate of drug-likeness (QED) is 0.612. The van der Waals surface area contributed by atoms with E-state index in [1.54, 1.807) is 19.2 Å². The lowest BCUT2D eigenvalue weighted by Gasteiger charge is -2.35. The van der Waals surface area contributed by atoms with Gasteiger partial charge in [-0.3, -0.25) is 4.79 Å². The lowest BCUT2D eigenvalue weighted by molar-refractivity contribution is -0.130. The maximum Gasteiger partial charge on any atom is 0.240 e. The predicted octanol–water partition coefficient (Wildman–Crippen LogP) is 1.75. The summed E-state index contributed by atoms with van der Waals surface area (Å²) in [6, 6.07) is 6.22. The third-order valence-electron chi connectivity index (χ3n) is 4.43. The molecule has 1 aliphatic heterocycles. The van der Waals surface area contributed by atoms with Crippen molar-refractivity contribution in [1.29, 1.82) is 0 Å². The Hall–Kier alpha value is -1.19. The minimum atomic E-state index is -3.50. The first-order valence-corrected chi connectivity index (χ1v) is 10.0. The van der Waals surface area contributed by atoms with Crippen LogP contribution in [0.1, 0.15) is 26.2 Å². The number of piperidine rings is 1. The number of carbonyl (C=O) groups is 1.